The summed E-state index contributed by atoms with van der Waals surface area (Å²) in [4.78, 5) is 15.2. The third-order valence-corrected chi connectivity index (χ3v) is 4.46. The molecule has 0 aliphatic heterocycles. The zero-order valence-corrected chi connectivity index (χ0v) is 14.3. The van der Waals surface area contributed by atoms with Crippen LogP contribution in [-0.2, 0) is 6.61 Å². The second kappa shape index (κ2) is 7.43. The second-order valence-electron chi connectivity index (χ2n) is 4.84. The minimum atomic E-state index is 0.0210. The highest BCUT2D eigenvalue weighted by Crippen LogP contribution is 2.27. The number of aliphatic hydroxyl groups excluding tert-OH is 1. The lowest BCUT2D eigenvalue weighted by Gasteiger charge is -2.08. The lowest BCUT2D eigenvalue weighted by molar-refractivity contribution is 0.285. The molecule has 0 aliphatic rings. The van der Waals surface area contributed by atoms with Crippen molar-refractivity contribution < 1.29 is 5.11 Å². The minimum Gasteiger partial charge on any atom is -0.391 e. The molecule has 3 rings (SSSR count). The van der Waals surface area contributed by atoms with Crippen LogP contribution in [0.2, 0.25) is 0 Å². The Morgan fingerprint density at radius 3 is 2.92 bits per heavy atom. The van der Waals surface area contributed by atoms with E-state index in [1.165, 1.54) is 11.3 Å². The van der Waals surface area contributed by atoms with Crippen molar-refractivity contribution in [3.63, 3.8) is 0 Å². The first-order chi connectivity index (χ1) is 11.7. The summed E-state index contributed by atoms with van der Waals surface area (Å²) in [5.74, 6) is 0.595. The van der Waals surface area contributed by atoms with Crippen LogP contribution in [0.1, 0.15) is 4.88 Å². The second-order valence-corrected chi connectivity index (χ2v) is 6.42. The molecule has 3 aromatic rings. The Balaban J connectivity index is 1.87. The van der Waals surface area contributed by atoms with Gasteiger partial charge in [0.25, 0.3) is 0 Å². The van der Waals surface area contributed by atoms with Gasteiger partial charge in [-0.15, -0.1) is 17.9 Å². The molecule has 3 heterocycles. The highest BCUT2D eigenvalue weighted by Gasteiger charge is 2.08. The van der Waals surface area contributed by atoms with Crippen LogP contribution in [0.15, 0.2) is 43.1 Å². The third kappa shape index (κ3) is 3.73. The number of hydrogen-bond acceptors (Lipinski definition) is 6. The summed E-state index contributed by atoms with van der Waals surface area (Å²) in [6.07, 6.45) is 3.43. The predicted octanol–water partition coefficient (Wildman–Crippen LogP) is 2.72. The maximum absolute atomic E-state index is 9.18. The Morgan fingerprint density at radius 2 is 2.17 bits per heavy atom. The number of fused-ring (bicyclic) bond motifs is 1. The monoisotopic (exact) mass is 357 g/mol. The highest BCUT2D eigenvalue weighted by molar-refractivity contribution is 7.80. The predicted molar refractivity (Wildman–Crippen MR) is 101 cm³/mol. The maximum Gasteiger partial charge on any atom is 0.180 e. The van der Waals surface area contributed by atoms with Gasteiger partial charge in [-0.2, -0.15) is 0 Å². The van der Waals surface area contributed by atoms with Crippen LogP contribution in [-0.4, -0.2) is 31.7 Å². The number of thiophene rings is 1. The van der Waals surface area contributed by atoms with Crippen molar-refractivity contribution in [3.8, 4) is 10.6 Å². The van der Waals surface area contributed by atoms with Gasteiger partial charge in [-0.3, -0.25) is 4.98 Å². The van der Waals surface area contributed by atoms with Crippen LogP contribution in [0.4, 0.5) is 5.82 Å². The minimum absolute atomic E-state index is 0.0210. The van der Waals surface area contributed by atoms with E-state index in [4.69, 9.17) is 12.2 Å². The number of nitrogens with zero attached hydrogens (tertiary/aromatic N) is 3. The number of aromatic nitrogens is 3. The number of thiocarbonyl (C=S) groups is 1. The normalized spacial score (nSPS) is 10.5. The lowest BCUT2D eigenvalue weighted by Crippen LogP contribution is -2.28. The first-order valence-corrected chi connectivity index (χ1v) is 8.41. The summed E-state index contributed by atoms with van der Waals surface area (Å²) in [5.41, 5.74) is 1.96. The molecule has 24 heavy (non-hydrogen) atoms. The highest BCUT2D eigenvalue weighted by atomic mass is 32.1. The molecule has 3 N–H and O–H groups in total. The van der Waals surface area contributed by atoms with Gasteiger partial charge in [0.15, 0.2) is 10.8 Å². The van der Waals surface area contributed by atoms with E-state index in [1.807, 2.05) is 18.2 Å². The number of pyridine rings is 1. The Kier molecular flexibility index (Phi) is 5.09. The fourth-order valence-electron chi connectivity index (χ4n) is 2.01. The Labute approximate surface area is 148 Å². The standard InChI is InChI=1S/C16H15N5OS2/c1-2-7-17-16(23)21-14-6-4-11-15(20-14)19-12(8-18-11)13-5-3-10(9-22)24-13/h2-6,8,22H,1,7,9H2,(H2,17,19,20,21,23). The van der Waals surface area contributed by atoms with E-state index < -0.39 is 0 Å². The molecule has 122 valence electrons. The topological polar surface area (TPSA) is 83.0 Å². The van der Waals surface area contributed by atoms with Crippen LogP contribution in [0.25, 0.3) is 21.7 Å². The number of aliphatic hydroxyl groups is 1. The fraction of sp³-hybridized carbons (Fsp3) is 0.125. The number of nitrogens with one attached hydrogen (secondary N) is 2. The number of hydrogen-bond donors (Lipinski definition) is 3. The number of anilines is 1. The average molecular weight is 357 g/mol. The van der Waals surface area contributed by atoms with Gasteiger partial charge in [-0.25, -0.2) is 9.97 Å². The van der Waals surface area contributed by atoms with E-state index in [9.17, 15) is 5.11 Å². The summed E-state index contributed by atoms with van der Waals surface area (Å²) < 4.78 is 0. The van der Waals surface area contributed by atoms with E-state index in [0.29, 0.717) is 28.6 Å². The summed E-state index contributed by atoms with van der Waals surface area (Å²) in [6.45, 7) is 4.23. The third-order valence-electron chi connectivity index (χ3n) is 3.13. The lowest BCUT2D eigenvalue weighted by atomic mass is 10.3. The molecular formula is C16H15N5OS2. The molecule has 0 saturated carbocycles. The van der Waals surface area contributed by atoms with Crippen LogP contribution in [0.3, 0.4) is 0 Å². The summed E-state index contributed by atoms with van der Waals surface area (Å²) in [5, 5.41) is 15.6. The molecule has 0 aliphatic carbocycles. The summed E-state index contributed by atoms with van der Waals surface area (Å²) in [6, 6.07) is 7.43. The number of rotatable bonds is 5. The van der Waals surface area contributed by atoms with Crippen molar-refractivity contribution in [2.45, 2.75) is 6.61 Å². The molecule has 0 atom stereocenters. The Morgan fingerprint density at radius 1 is 1.29 bits per heavy atom. The molecule has 6 nitrogen and oxygen atoms in total. The largest absolute Gasteiger partial charge is 0.391 e. The maximum atomic E-state index is 9.18. The van der Waals surface area contributed by atoms with E-state index in [2.05, 4.69) is 32.2 Å². The smallest absolute Gasteiger partial charge is 0.180 e. The van der Waals surface area contributed by atoms with Crippen molar-refractivity contribution in [3.05, 3.63) is 48.0 Å². The van der Waals surface area contributed by atoms with E-state index in [1.54, 1.807) is 18.3 Å². The SMILES string of the molecule is C=CCNC(=S)Nc1ccc2ncc(-c3ccc(CO)s3)nc2n1. The van der Waals surface area contributed by atoms with Gasteiger partial charge in [0, 0.05) is 11.4 Å². The van der Waals surface area contributed by atoms with Gasteiger partial charge in [0.1, 0.15) is 17.0 Å². The van der Waals surface area contributed by atoms with Gasteiger partial charge in [-0.1, -0.05) is 6.08 Å². The van der Waals surface area contributed by atoms with Crippen molar-refractivity contribution in [1.82, 2.24) is 20.3 Å². The Hall–Kier alpha value is -2.42. The molecule has 0 spiro atoms. The van der Waals surface area contributed by atoms with Gasteiger partial charge < -0.3 is 15.7 Å². The average Bonchev–Trinajstić information content (AvgIpc) is 3.08. The van der Waals surface area contributed by atoms with Gasteiger partial charge >= 0.3 is 0 Å². The molecule has 0 unspecified atom stereocenters. The summed E-state index contributed by atoms with van der Waals surface area (Å²) >= 11 is 6.66. The molecule has 3 aromatic heterocycles. The zero-order chi connectivity index (χ0) is 16.9. The van der Waals surface area contributed by atoms with Gasteiger partial charge in [0.05, 0.1) is 17.7 Å². The van der Waals surface area contributed by atoms with Gasteiger partial charge in [0.2, 0.25) is 0 Å². The first kappa shape index (κ1) is 16.4. The first-order valence-electron chi connectivity index (χ1n) is 7.19. The van der Waals surface area contributed by atoms with Gasteiger partial charge in [-0.05, 0) is 36.5 Å². The van der Waals surface area contributed by atoms with Crippen molar-refractivity contribution in [2.75, 3.05) is 11.9 Å². The van der Waals surface area contributed by atoms with Crippen LogP contribution < -0.4 is 10.6 Å². The van der Waals surface area contributed by atoms with E-state index >= 15 is 0 Å². The van der Waals surface area contributed by atoms with Crippen molar-refractivity contribution in [2.24, 2.45) is 0 Å². The van der Waals surface area contributed by atoms with Crippen molar-refractivity contribution >= 4 is 45.6 Å². The van der Waals surface area contributed by atoms with E-state index in [0.717, 1.165) is 15.4 Å². The van der Waals surface area contributed by atoms with Crippen LogP contribution in [0.5, 0.6) is 0 Å². The molecular weight excluding hydrogens is 342 g/mol. The molecule has 8 heteroatoms. The van der Waals surface area contributed by atoms with Crippen LogP contribution >= 0.6 is 23.6 Å². The van der Waals surface area contributed by atoms with Crippen LogP contribution in [0, 0.1) is 0 Å². The van der Waals surface area contributed by atoms with Crippen molar-refractivity contribution in [1.29, 1.82) is 0 Å². The Bertz CT molecular complexity index is 893. The molecule has 0 aromatic carbocycles. The zero-order valence-electron chi connectivity index (χ0n) is 12.7. The molecule has 0 saturated heterocycles. The molecule has 0 bridgehead atoms. The van der Waals surface area contributed by atoms with E-state index in [-0.39, 0.29) is 6.61 Å². The quantitative estimate of drug-likeness (QED) is 0.478. The molecule has 0 radical (unpaired) electrons. The fourth-order valence-corrected chi connectivity index (χ4v) is 3.02. The summed E-state index contributed by atoms with van der Waals surface area (Å²) in [7, 11) is 0. The molecule has 0 amide bonds. The molecule has 0 fully saturated rings.